The van der Waals surface area contributed by atoms with E-state index in [0.717, 1.165) is 0 Å². The number of aliphatic carboxylic acids is 1. The Hall–Kier alpha value is -1.31. The number of benzene rings is 1. The van der Waals surface area contributed by atoms with Crippen molar-refractivity contribution < 1.29 is 23.1 Å². The van der Waals surface area contributed by atoms with Crippen LogP contribution in [0.4, 0.5) is 0 Å². The number of aryl methyl sites for hydroxylation is 1. The lowest BCUT2D eigenvalue weighted by Gasteiger charge is -2.35. The van der Waals surface area contributed by atoms with Gasteiger partial charge in [-0.2, -0.15) is 4.31 Å². The first-order valence-electron chi connectivity index (χ1n) is 7.27. The average molecular weight is 362 g/mol. The van der Waals surface area contributed by atoms with Gasteiger partial charge in [0, 0.05) is 12.6 Å². The van der Waals surface area contributed by atoms with Crippen molar-refractivity contribution in [2.75, 3.05) is 13.7 Å². The molecule has 2 unspecified atom stereocenters. The fourth-order valence-electron chi connectivity index (χ4n) is 2.81. The molecule has 0 aromatic heterocycles. The summed E-state index contributed by atoms with van der Waals surface area (Å²) in [5, 5.41) is 9.39. The van der Waals surface area contributed by atoms with Gasteiger partial charge >= 0.3 is 5.97 Å². The molecular formula is C15H20ClNO5S. The van der Waals surface area contributed by atoms with Crippen molar-refractivity contribution in [3.63, 3.8) is 0 Å². The van der Waals surface area contributed by atoms with Gasteiger partial charge in [-0.1, -0.05) is 11.6 Å². The van der Waals surface area contributed by atoms with E-state index in [2.05, 4.69) is 0 Å². The summed E-state index contributed by atoms with van der Waals surface area (Å²) in [4.78, 5) is 11.3. The molecule has 1 aliphatic rings. The van der Waals surface area contributed by atoms with Crippen LogP contribution in [0.3, 0.4) is 0 Å². The van der Waals surface area contributed by atoms with Gasteiger partial charge in [-0.3, -0.25) is 4.79 Å². The molecule has 0 bridgehead atoms. The minimum absolute atomic E-state index is 0.0259. The highest BCUT2D eigenvalue weighted by atomic mass is 35.5. The molecule has 1 aromatic carbocycles. The van der Waals surface area contributed by atoms with E-state index >= 15 is 0 Å². The van der Waals surface area contributed by atoms with Gasteiger partial charge in [-0.15, -0.1) is 0 Å². The molecule has 0 radical (unpaired) electrons. The summed E-state index contributed by atoms with van der Waals surface area (Å²) in [7, 11) is -2.37. The van der Waals surface area contributed by atoms with Crippen molar-refractivity contribution in [3.05, 3.63) is 22.7 Å². The van der Waals surface area contributed by atoms with Crippen LogP contribution in [0.25, 0.3) is 0 Å². The van der Waals surface area contributed by atoms with Crippen LogP contribution in [-0.2, 0) is 14.8 Å². The predicted molar refractivity (Wildman–Crippen MR) is 86.5 cm³/mol. The second kappa shape index (κ2) is 6.67. The zero-order valence-corrected chi connectivity index (χ0v) is 14.8. The van der Waals surface area contributed by atoms with Crippen LogP contribution in [0.15, 0.2) is 17.0 Å². The van der Waals surface area contributed by atoms with Gasteiger partial charge in [0.2, 0.25) is 10.0 Å². The number of methoxy groups -OCH3 is 1. The molecule has 0 spiro atoms. The third-order valence-corrected chi connectivity index (χ3v) is 6.63. The number of sulfonamides is 1. The molecule has 1 aliphatic heterocycles. The van der Waals surface area contributed by atoms with Crippen molar-refractivity contribution in [1.82, 2.24) is 4.31 Å². The lowest BCUT2D eigenvalue weighted by atomic mass is 9.96. The standard InChI is InChI=1S/C15H20ClNO5S/c1-9-6-13(22-3)12(16)7-14(9)23(20,21)17-8-11(15(18)19)5-4-10(17)2/h6-7,10-11H,4-5,8H2,1-3H3,(H,18,19). The number of ether oxygens (including phenoxy) is 1. The number of carboxylic acid groups (broad SMARTS) is 1. The Balaban J connectivity index is 2.45. The number of nitrogens with zero attached hydrogens (tertiary/aromatic N) is 1. The molecule has 0 saturated carbocycles. The van der Waals surface area contributed by atoms with E-state index < -0.39 is 21.9 Å². The zero-order valence-electron chi connectivity index (χ0n) is 13.2. The summed E-state index contributed by atoms with van der Waals surface area (Å²) in [5.41, 5.74) is 0.510. The van der Waals surface area contributed by atoms with Gasteiger partial charge in [0.15, 0.2) is 0 Å². The molecule has 1 fully saturated rings. The SMILES string of the molecule is COc1cc(C)c(S(=O)(=O)N2CC(C(=O)O)CCC2C)cc1Cl. The maximum atomic E-state index is 13.0. The van der Waals surface area contributed by atoms with Crippen molar-refractivity contribution in [2.45, 2.75) is 37.6 Å². The summed E-state index contributed by atoms with van der Waals surface area (Å²) in [6, 6.07) is 2.68. The minimum Gasteiger partial charge on any atom is -0.495 e. The Bertz CT molecular complexity index is 719. The Morgan fingerprint density at radius 1 is 1.39 bits per heavy atom. The number of hydrogen-bond acceptors (Lipinski definition) is 4. The second-order valence-electron chi connectivity index (χ2n) is 5.79. The number of hydrogen-bond donors (Lipinski definition) is 1. The van der Waals surface area contributed by atoms with Gasteiger partial charge in [0.1, 0.15) is 5.75 Å². The summed E-state index contributed by atoms with van der Waals surface area (Å²) in [6.45, 7) is 3.42. The van der Waals surface area contributed by atoms with Crippen LogP contribution < -0.4 is 4.74 Å². The number of carboxylic acids is 1. The maximum Gasteiger partial charge on any atom is 0.307 e. The highest BCUT2D eigenvalue weighted by Crippen LogP contribution is 2.34. The van der Waals surface area contributed by atoms with Crippen LogP contribution in [0.1, 0.15) is 25.3 Å². The van der Waals surface area contributed by atoms with Gasteiger partial charge in [-0.05, 0) is 44.4 Å². The fraction of sp³-hybridized carbons (Fsp3) is 0.533. The van der Waals surface area contributed by atoms with Crippen LogP contribution in [0.2, 0.25) is 5.02 Å². The molecule has 0 amide bonds. The first-order chi connectivity index (χ1) is 10.7. The monoisotopic (exact) mass is 361 g/mol. The molecule has 1 N–H and O–H groups in total. The lowest BCUT2D eigenvalue weighted by Crippen LogP contribution is -2.47. The number of piperidine rings is 1. The summed E-state index contributed by atoms with van der Waals surface area (Å²) in [5.74, 6) is -1.25. The van der Waals surface area contributed by atoms with E-state index in [1.165, 1.54) is 17.5 Å². The van der Waals surface area contributed by atoms with Crippen LogP contribution in [-0.4, -0.2) is 43.5 Å². The second-order valence-corrected chi connectivity index (χ2v) is 8.05. The van der Waals surface area contributed by atoms with Crippen LogP contribution in [0, 0.1) is 12.8 Å². The van der Waals surface area contributed by atoms with Gasteiger partial charge < -0.3 is 9.84 Å². The topological polar surface area (TPSA) is 83.9 Å². The maximum absolute atomic E-state index is 13.0. The highest BCUT2D eigenvalue weighted by molar-refractivity contribution is 7.89. The largest absolute Gasteiger partial charge is 0.495 e. The summed E-state index contributed by atoms with van der Waals surface area (Å²) < 4.78 is 32.3. The molecule has 2 atom stereocenters. The Morgan fingerprint density at radius 3 is 2.61 bits per heavy atom. The molecule has 0 aliphatic carbocycles. The Morgan fingerprint density at radius 2 is 2.04 bits per heavy atom. The van der Waals surface area contributed by atoms with E-state index in [-0.39, 0.29) is 22.5 Å². The third kappa shape index (κ3) is 3.46. The van der Waals surface area contributed by atoms with E-state index in [9.17, 15) is 18.3 Å². The van der Waals surface area contributed by atoms with Crippen molar-refractivity contribution >= 4 is 27.6 Å². The molecular weight excluding hydrogens is 342 g/mol. The quantitative estimate of drug-likeness (QED) is 0.890. The van der Waals surface area contributed by atoms with Gasteiger partial charge in [0.25, 0.3) is 0 Å². The van der Waals surface area contributed by atoms with Crippen molar-refractivity contribution in [1.29, 1.82) is 0 Å². The van der Waals surface area contributed by atoms with Crippen molar-refractivity contribution in [3.8, 4) is 5.75 Å². The van der Waals surface area contributed by atoms with E-state index in [1.807, 2.05) is 0 Å². The molecule has 23 heavy (non-hydrogen) atoms. The van der Waals surface area contributed by atoms with E-state index in [0.29, 0.717) is 24.2 Å². The minimum atomic E-state index is -3.83. The zero-order chi connectivity index (χ0) is 17.4. The average Bonchev–Trinajstić information content (AvgIpc) is 2.48. The molecule has 6 nitrogen and oxygen atoms in total. The Labute approximate surface area is 141 Å². The molecule has 1 saturated heterocycles. The van der Waals surface area contributed by atoms with Crippen LogP contribution >= 0.6 is 11.6 Å². The van der Waals surface area contributed by atoms with Gasteiger partial charge in [0.05, 0.1) is 22.9 Å². The molecule has 1 heterocycles. The predicted octanol–water partition coefficient (Wildman–Crippen LogP) is 2.53. The van der Waals surface area contributed by atoms with E-state index in [4.69, 9.17) is 16.3 Å². The molecule has 128 valence electrons. The summed E-state index contributed by atoms with van der Waals surface area (Å²) in [6.07, 6.45) is 0.990. The first kappa shape index (κ1) is 18.0. The highest BCUT2D eigenvalue weighted by Gasteiger charge is 2.38. The van der Waals surface area contributed by atoms with E-state index in [1.54, 1.807) is 19.9 Å². The molecule has 1 aromatic rings. The third-order valence-electron chi connectivity index (χ3n) is 4.21. The van der Waals surface area contributed by atoms with Crippen molar-refractivity contribution in [2.24, 2.45) is 5.92 Å². The Kier molecular flexibility index (Phi) is 5.23. The normalized spacial score (nSPS) is 22.8. The molecule has 8 heteroatoms. The van der Waals surface area contributed by atoms with Crippen LogP contribution in [0.5, 0.6) is 5.75 Å². The number of rotatable bonds is 4. The molecule has 2 rings (SSSR count). The lowest BCUT2D eigenvalue weighted by molar-refractivity contribution is -0.143. The number of halogens is 1. The fourth-order valence-corrected chi connectivity index (χ4v) is 5.05. The van der Waals surface area contributed by atoms with Gasteiger partial charge in [-0.25, -0.2) is 8.42 Å². The summed E-state index contributed by atoms with van der Waals surface area (Å²) >= 11 is 6.06. The number of carbonyl (C=O) groups is 1. The first-order valence-corrected chi connectivity index (χ1v) is 9.09. The smallest absolute Gasteiger partial charge is 0.307 e.